The molecule has 0 saturated heterocycles. The second-order valence-corrected chi connectivity index (χ2v) is 9.91. The molecule has 4 heteroatoms. The van der Waals surface area contributed by atoms with E-state index in [0.29, 0.717) is 17.3 Å². The van der Waals surface area contributed by atoms with Gasteiger partial charge in [0.05, 0.1) is 0 Å². The first kappa shape index (κ1) is 21.3. The fraction of sp³-hybridized carbons (Fsp3) is 0.792. The number of allylic oxidation sites excluding steroid dienone is 2. The minimum atomic E-state index is 0.0618. The van der Waals surface area contributed by atoms with E-state index in [1.807, 2.05) is 0 Å². The summed E-state index contributed by atoms with van der Waals surface area (Å²) in [5.41, 5.74) is 9.36. The SMILES string of the molecule is C=CN(CC(=O)C1CCC2C3CCC(CC)C(C)(CCC)C3=CCC12C)N=N. The summed E-state index contributed by atoms with van der Waals surface area (Å²) < 4.78 is 0. The van der Waals surface area contributed by atoms with Crippen molar-refractivity contribution in [1.82, 2.24) is 5.01 Å². The maximum Gasteiger partial charge on any atom is 0.157 e. The Bertz CT molecular complexity index is 648. The monoisotopic (exact) mass is 385 g/mol. The lowest BCUT2D eigenvalue weighted by molar-refractivity contribution is -0.127. The smallest absolute Gasteiger partial charge is 0.157 e. The number of nitrogens with one attached hydrogen (secondary N) is 1. The van der Waals surface area contributed by atoms with Gasteiger partial charge in [-0.25, -0.2) is 5.01 Å². The highest BCUT2D eigenvalue weighted by Gasteiger charge is 2.57. The van der Waals surface area contributed by atoms with Gasteiger partial charge in [-0.3, -0.25) is 4.79 Å². The number of nitrogens with zero attached hydrogens (tertiary/aromatic N) is 2. The van der Waals surface area contributed by atoms with Crippen LogP contribution in [0.5, 0.6) is 0 Å². The Balaban J connectivity index is 1.88. The van der Waals surface area contributed by atoms with E-state index in [2.05, 4.69) is 45.6 Å². The summed E-state index contributed by atoms with van der Waals surface area (Å²) in [5.74, 6) is 2.41. The van der Waals surface area contributed by atoms with Crippen molar-refractivity contribution in [2.45, 2.75) is 79.1 Å². The molecule has 1 N–H and O–H groups in total. The normalized spacial score (nSPS) is 39.5. The third-order valence-corrected chi connectivity index (χ3v) is 8.75. The summed E-state index contributed by atoms with van der Waals surface area (Å²) >= 11 is 0. The molecular weight excluding hydrogens is 346 g/mol. The number of hydrogen-bond acceptors (Lipinski definition) is 3. The molecule has 0 heterocycles. The molecule has 2 fully saturated rings. The summed E-state index contributed by atoms with van der Waals surface area (Å²) in [7, 11) is 0. The molecule has 0 aromatic heterocycles. The minimum Gasteiger partial charge on any atom is -0.297 e. The standard InChI is InChI=1S/C24H39N3O/c1-6-14-23(4)17(7-2)9-10-18-19-11-12-21(22(28)16-27(8-3)26-25)24(19,5)15-13-20(18)23/h8,13,17-19,21,25H,3,6-7,9-12,14-16H2,1-2,4-5H3. The molecule has 4 nitrogen and oxygen atoms in total. The van der Waals surface area contributed by atoms with Gasteiger partial charge in [0.1, 0.15) is 6.54 Å². The minimum absolute atomic E-state index is 0.0618. The molecule has 0 aromatic carbocycles. The molecule has 3 aliphatic carbocycles. The van der Waals surface area contributed by atoms with Crippen molar-refractivity contribution in [3.05, 3.63) is 24.4 Å². The topological polar surface area (TPSA) is 56.5 Å². The van der Waals surface area contributed by atoms with Crippen LogP contribution in [0.15, 0.2) is 29.7 Å². The van der Waals surface area contributed by atoms with E-state index in [1.54, 1.807) is 5.57 Å². The van der Waals surface area contributed by atoms with Crippen LogP contribution < -0.4 is 0 Å². The molecule has 3 aliphatic rings. The Kier molecular flexibility index (Phi) is 6.17. The largest absolute Gasteiger partial charge is 0.297 e. The van der Waals surface area contributed by atoms with Gasteiger partial charge >= 0.3 is 0 Å². The van der Waals surface area contributed by atoms with Gasteiger partial charge in [0.15, 0.2) is 5.78 Å². The Hall–Kier alpha value is -1.45. The predicted molar refractivity (Wildman–Crippen MR) is 114 cm³/mol. The highest BCUT2D eigenvalue weighted by molar-refractivity contribution is 5.84. The van der Waals surface area contributed by atoms with Crippen LogP contribution in [0.25, 0.3) is 0 Å². The van der Waals surface area contributed by atoms with Gasteiger partial charge in [0.2, 0.25) is 0 Å². The van der Waals surface area contributed by atoms with Gasteiger partial charge in [0.25, 0.3) is 0 Å². The third kappa shape index (κ3) is 3.27. The van der Waals surface area contributed by atoms with E-state index in [-0.39, 0.29) is 23.7 Å². The van der Waals surface area contributed by atoms with E-state index in [9.17, 15) is 4.79 Å². The van der Waals surface area contributed by atoms with Gasteiger partial charge < -0.3 is 0 Å². The highest BCUT2D eigenvalue weighted by Crippen LogP contribution is 2.64. The Morgan fingerprint density at radius 1 is 1.32 bits per heavy atom. The van der Waals surface area contributed by atoms with Crippen LogP contribution in [0.2, 0.25) is 0 Å². The summed E-state index contributed by atoms with van der Waals surface area (Å²) in [6.45, 7) is 13.4. The fourth-order valence-electron chi connectivity index (χ4n) is 7.33. The molecule has 0 spiro atoms. The molecular formula is C24H39N3O. The molecule has 3 rings (SSSR count). The first-order chi connectivity index (χ1) is 13.4. The molecule has 2 saturated carbocycles. The second-order valence-electron chi connectivity index (χ2n) is 9.91. The molecule has 0 bridgehead atoms. The van der Waals surface area contributed by atoms with Crippen molar-refractivity contribution in [2.75, 3.05) is 6.54 Å². The summed E-state index contributed by atoms with van der Waals surface area (Å²) in [6, 6.07) is 0. The second kappa shape index (κ2) is 8.12. The van der Waals surface area contributed by atoms with Gasteiger partial charge in [0, 0.05) is 12.1 Å². The molecule has 0 aromatic rings. The van der Waals surface area contributed by atoms with Crippen LogP contribution in [0.4, 0.5) is 0 Å². The van der Waals surface area contributed by atoms with Gasteiger partial charge in [-0.15, -0.1) is 0 Å². The average molecular weight is 386 g/mol. The molecule has 0 aliphatic heterocycles. The van der Waals surface area contributed by atoms with Gasteiger partial charge in [-0.1, -0.05) is 64.0 Å². The summed E-state index contributed by atoms with van der Waals surface area (Å²) in [6.07, 6.45) is 13.7. The van der Waals surface area contributed by atoms with E-state index in [1.165, 1.54) is 49.7 Å². The number of carbonyl (C=O) groups excluding carboxylic acids is 1. The highest BCUT2D eigenvalue weighted by atomic mass is 16.1. The first-order valence-electron chi connectivity index (χ1n) is 11.4. The van der Waals surface area contributed by atoms with E-state index in [0.717, 1.165) is 18.8 Å². The van der Waals surface area contributed by atoms with Crippen molar-refractivity contribution in [3.63, 3.8) is 0 Å². The van der Waals surface area contributed by atoms with Crippen molar-refractivity contribution < 1.29 is 4.79 Å². The van der Waals surface area contributed by atoms with Gasteiger partial charge in [-0.05, 0) is 67.1 Å². The van der Waals surface area contributed by atoms with E-state index < -0.39 is 0 Å². The molecule has 0 radical (unpaired) electrons. The van der Waals surface area contributed by atoms with Crippen molar-refractivity contribution in [1.29, 1.82) is 5.53 Å². The van der Waals surface area contributed by atoms with Crippen molar-refractivity contribution in [3.8, 4) is 0 Å². The summed E-state index contributed by atoms with van der Waals surface area (Å²) in [4.78, 5) is 13.1. The lowest BCUT2D eigenvalue weighted by Crippen LogP contribution is -2.47. The predicted octanol–water partition coefficient (Wildman–Crippen LogP) is 6.55. The van der Waals surface area contributed by atoms with Crippen LogP contribution in [-0.4, -0.2) is 17.3 Å². The van der Waals surface area contributed by atoms with Crippen molar-refractivity contribution >= 4 is 5.78 Å². The Morgan fingerprint density at radius 2 is 2.07 bits per heavy atom. The zero-order chi connectivity index (χ0) is 20.5. The number of rotatable bonds is 8. The lowest BCUT2D eigenvalue weighted by Gasteiger charge is -2.54. The zero-order valence-corrected chi connectivity index (χ0v) is 18.3. The van der Waals surface area contributed by atoms with Crippen LogP contribution in [0.3, 0.4) is 0 Å². The molecule has 156 valence electrons. The molecule has 28 heavy (non-hydrogen) atoms. The van der Waals surface area contributed by atoms with E-state index >= 15 is 0 Å². The maximum absolute atomic E-state index is 13.1. The number of Topliss-reactive ketones (excluding diaryl/α,β-unsaturated/α-hetero) is 1. The Morgan fingerprint density at radius 3 is 2.68 bits per heavy atom. The number of fused-ring (bicyclic) bond motifs is 3. The summed E-state index contributed by atoms with van der Waals surface area (Å²) in [5, 5.41) is 4.75. The zero-order valence-electron chi connectivity index (χ0n) is 18.3. The molecule has 0 amide bonds. The number of carbonyl (C=O) groups is 1. The van der Waals surface area contributed by atoms with Crippen molar-refractivity contribution in [2.24, 2.45) is 39.7 Å². The van der Waals surface area contributed by atoms with Crippen LogP contribution >= 0.6 is 0 Å². The van der Waals surface area contributed by atoms with Crippen LogP contribution in [-0.2, 0) is 4.79 Å². The lowest BCUT2D eigenvalue weighted by atomic mass is 9.50. The maximum atomic E-state index is 13.1. The van der Waals surface area contributed by atoms with Crippen LogP contribution in [0, 0.1) is 40.0 Å². The number of ketones is 1. The quantitative estimate of drug-likeness (QED) is 0.292. The average Bonchev–Trinajstić information content (AvgIpc) is 3.03. The third-order valence-electron chi connectivity index (χ3n) is 8.75. The van der Waals surface area contributed by atoms with E-state index in [4.69, 9.17) is 5.53 Å². The first-order valence-corrected chi connectivity index (χ1v) is 11.4. The van der Waals surface area contributed by atoms with Crippen LogP contribution in [0.1, 0.15) is 79.1 Å². The molecule has 6 unspecified atom stereocenters. The Labute approximate surface area is 171 Å². The number of hydrogen-bond donors (Lipinski definition) is 1. The van der Waals surface area contributed by atoms with Gasteiger partial charge in [-0.2, -0.15) is 5.53 Å². The molecule has 6 atom stereocenters. The fourth-order valence-corrected chi connectivity index (χ4v) is 7.33.